The van der Waals surface area contributed by atoms with Crippen LogP contribution < -0.4 is 4.74 Å². The molecule has 0 fully saturated rings. The molecule has 0 amide bonds. The van der Waals surface area contributed by atoms with Crippen LogP contribution in [0.25, 0.3) is 43.4 Å². The Kier molecular flexibility index (Phi) is 7.27. The monoisotopic (exact) mass is 618 g/mol. The third-order valence-corrected chi connectivity index (χ3v) is 9.54. The summed E-state index contributed by atoms with van der Waals surface area (Å²) in [5.41, 5.74) is 7.58. The van der Waals surface area contributed by atoms with Crippen molar-refractivity contribution < 1.29 is 9.47 Å². The maximum absolute atomic E-state index is 5.65. The van der Waals surface area contributed by atoms with Crippen LogP contribution in [0.3, 0.4) is 0 Å². The molecule has 0 aliphatic heterocycles. The number of hydrogen-bond acceptors (Lipinski definition) is 2. The first-order valence-corrected chi connectivity index (χ1v) is 16.2. The average Bonchev–Trinajstić information content (AvgIpc) is 3.38. The van der Waals surface area contributed by atoms with Gasteiger partial charge in [-0.3, -0.25) is 0 Å². The van der Waals surface area contributed by atoms with E-state index in [4.69, 9.17) is 9.47 Å². The first kappa shape index (κ1) is 29.3. The van der Waals surface area contributed by atoms with E-state index in [9.17, 15) is 0 Å². The molecule has 6 aromatic carbocycles. The molecule has 0 unspecified atom stereocenters. The van der Waals surface area contributed by atoms with Crippen LogP contribution in [0.2, 0.25) is 0 Å². The summed E-state index contributed by atoms with van der Waals surface area (Å²) in [5, 5.41) is 7.11. The van der Waals surface area contributed by atoms with Gasteiger partial charge in [0, 0.05) is 0 Å². The summed E-state index contributed by atoms with van der Waals surface area (Å²) in [6.45, 7) is 12.0. The van der Waals surface area contributed by atoms with E-state index in [0.29, 0.717) is 6.42 Å². The van der Waals surface area contributed by atoms with E-state index in [0.717, 1.165) is 33.4 Å². The zero-order valence-electron chi connectivity index (χ0n) is 26.7. The second-order valence-corrected chi connectivity index (χ2v) is 12.3. The van der Waals surface area contributed by atoms with Gasteiger partial charge in [0.05, 0.1) is 17.9 Å². The van der Waals surface area contributed by atoms with Crippen LogP contribution in [0.4, 0.5) is 0 Å². The quantitative estimate of drug-likeness (QED) is 0.173. The Morgan fingerprint density at radius 3 is 1.81 bits per heavy atom. The van der Waals surface area contributed by atoms with Gasteiger partial charge in [-0.05, 0) is 132 Å². The maximum atomic E-state index is 5.65. The normalized spacial score (nSPS) is 18.5. The van der Waals surface area contributed by atoms with Crippen molar-refractivity contribution in [2.24, 2.45) is 0 Å². The summed E-state index contributed by atoms with van der Waals surface area (Å²) in [4.78, 5) is 0. The van der Waals surface area contributed by atoms with Gasteiger partial charge in [-0.1, -0.05) is 111 Å². The van der Waals surface area contributed by atoms with Gasteiger partial charge in [0.25, 0.3) is 0 Å². The SMILES string of the molecule is C=COC1=C/C/C=C\C(C2(c3ccc4cc(OC=C)ccc4c3)c3cc4ccccc4cc3-c3cc4ccccc4cc32)=C/C(=C)/C=C\1. The van der Waals surface area contributed by atoms with Crippen molar-refractivity contribution in [1.82, 2.24) is 0 Å². The summed E-state index contributed by atoms with van der Waals surface area (Å²) in [5.74, 6) is 1.51. The molecule has 0 bridgehead atoms. The van der Waals surface area contributed by atoms with Gasteiger partial charge < -0.3 is 9.47 Å². The zero-order chi connectivity index (χ0) is 32.7. The smallest absolute Gasteiger partial charge is 0.127 e. The van der Waals surface area contributed by atoms with E-state index < -0.39 is 5.41 Å². The largest absolute Gasteiger partial charge is 0.466 e. The fourth-order valence-electron chi connectivity index (χ4n) is 7.46. The van der Waals surface area contributed by atoms with Crippen molar-refractivity contribution in [3.8, 4) is 16.9 Å². The number of benzene rings is 6. The van der Waals surface area contributed by atoms with Gasteiger partial charge in [-0.25, -0.2) is 0 Å². The van der Waals surface area contributed by atoms with Gasteiger partial charge >= 0.3 is 0 Å². The molecule has 0 heterocycles. The zero-order valence-corrected chi connectivity index (χ0v) is 26.7. The van der Waals surface area contributed by atoms with Gasteiger partial charge in [-0.2, -0.15) is 0 Å². The van der Waals surface area contributed by atoms with E-state index in [-0.39, 0.29) is 0 Å². The third kappa shape index (κ3) is 4.82. The molecule has 0 atom stereocenters. The summed E-state index contributed by atoms with van der Waals surface area (Å²) in [7, 11) is 0. The lowest BCUT2D eigenvalue weighted by atomic mass is 9.66. The topological polar surface area (TPSA) is 18.5 Å². The van der Waals surface area contributed by atoms with Gasteiger partial charge in [0.1, 0.15) is 11.5 Å². The van der Waals surface area contributed by atoms with E-state index >= 15 is 0 Å². The molecule has 6 aromatic rings. The van der Waals surface area contributed by atoms with Crippen LogP contribution in [0, 0.1) is 0 Å². The first-order valence-electron chi connectivity index (χ1n) is 16.2. The number of hydrogen-bond donors (Lipinski definition) is 0. The molecular formula is C46H34O2. The van der Waals surface area contributed by atoms with E-state index in [2.05, 4.69) is 147 Å². The summed E-state index contributed by atoms with van der Waals surface area (Å²) < 4.78 is 11.3. The molecule has 0 aromatic heterocycles. The Hall–Kier alpha value is -6.12. The molecule has 2 nitrogen and oxygen atoms in total. The van der Waals surface area contributed by atoms with Crippen LogP contribution in [0.1, 0.15) is 23.1 Å². The predicted octanol–water partition coefficient (Wildman–Crippen LogP) is 12.0. The van der Waals surface area contributed by atoms with E-state index in [1.807, 2.05) is 18.2 Å². The highest BCUT2D eigenvalue weighted by atomic mass is 16.5. The van der Waals surface area contributed by atoms with Gasteiger partial charge in [0.2, 0.25) is 0 Å². The Morgan fingerprint density at radius 1 is 0.583 bits per heavy atom. The summed E-state index contributed by atoms with van der Waals surface area (Å²) >= 11 is 0. The highest BCUT2D eigenvalue weighted by Gasteiger charge is 2.47. The lowest BCUT2D eigenvalue weighted by Crippen LogP contribution is -2.29. The number of rotatable bonds is 6. The molecule has 2 heteroatoms. The van der Waals surface area contributed by atoms with Crippen molar-refractivity contribution in [3.63, 3.8) is 0 Å². The van der Waals surface area contributed by atoms with Crippen LogP contribution in [-0.2, 0) is 10.2 Å². The van der Waals surface area contributed by atoms with Gasteiger partial charge in [-0.15, -0.1) is 0 Å². The minimum atomic E-state index is -0.639. The van der Waals surface area contributed by atoms with Crippen LogP contribution in [0.15, 0.2) is 195 Å². The number of ether oxygens (including phenoxy) is 2. The van der Waals surface area contributed by atoms with Crippen molar-refractivity contribution >= 4 is 32.3 Å². The minimum absolute atomic E-state index is 0.639. The van der Waals surface area contributed by atoms with Crippen LogP contribution in [0.5, 0.6) is 5.75 Å². The molecule has 0 N–H and O–H groups in total. The summed E-state index contributed by atoms with van der Waals surface area (Å²) in [6, 6.07) is 39.9. The van der Waals surface area contributed by atoms with Crippen LogP contribution in [-0.4, -0.2) is 0 Å². The molecular weight excluding hydrogens is 585 g/mol. The maximum Gasteiger partial charge on any atom is 0.127 e. The van der Waals surface area contributed by atoms with E-state index in [1.54, 1.807) is 0 Å². The molecule has 8 rings (SSSR count). The Morgan fingerprint density at radius 2 is 1.17 bits per heavy atom. The lowest BCUT2D eigenvalue weighted by Gasteiger charge is -2.35. The highest BCUT2D eigenvalue weighted by Crippen LogP contribution is 2.58. The molecule has 0 radical (unpaired) electrons. The molecule has 230 valence electrons. The van der Waals surface area contributed by atoms with Crippen molar-refractivity contribution in [2.75, 3.05) is 0 Å². The fraction of sp³-hybridized carbons (Fsp3) is 0.0435. The Bertz CT molecular complexity index is 2350. The second kappa shape index (κ2) is 11.9. The molecule has 0 saturated heterocycles. The van der Waals surface area contributed by atoms with E-state index in [1.165, 1.54) is 61.9 Å². The van der Waals surface area contributed by atoms with Crippen molar-refractivity contribution in [3.05, 3.63) is 212 Å². The average molecular weight is 619 g/mol. The third-order valence-electron chi connectivity index (χ3n) is 9.54. The standard InChI is InChI=1S/C46H34O2/c1-4-47-40-17-11-10-16-38(24-31(3)18-22-40)46(39-21-19-37-26-41(48-5-2)23-20-36(37)25-39)44-29-34-14-8-6-12-32(34)27-42(44)43-28-33-13-7-9-15-35(33)30-45(43)46/h4-10,12-30H,1-3,11H2/b16-10-,22-18-,38-24+,40-17+. The highest BCUT2D eigenvalue weighted by molar-refractivity contribution is 6.01. The van der Waals surface area contributed by atoms with Crippen molar-refractivity contribution in [1.29, 1.82) is 0 Å². The van der Waals surface area contributed by atoms with Gasteiger partial charge in [0.15, 0.2) is 0 Å². The second-order valence-electron chi connectivity index (χ2n) is 12.3. The summed E-state index contributed by atoms with van der Waals surface area (Å²) in [6.07, 6.45) is 16.4. The predicted molar refractivity (Wildman–Crippen MR) is 201 cm³/mol. The fourth-order valence-corrected chi connectivity index (χ4v) is 7.46. The van der Waals surface area contributed by atoms with Crippen molar-refractivity contribution in [2.45, 2.75) is 11.8 Å². The molecule has 2 aliphatic carbocycles. The lowest BCUT2D eigenvalue weighted by molar-refractivity contribution is 0.368. The Balaban J connectivity index is 1.48. The molecule has 48 heavy (non-hydrogen) atoms. The Labute approximate surface area is 281 Å². The molecule has 0 saturated carbocycles. The minimum Gasteiger partial charge on any atom is -0.466 e. The number of allylic oxidation sites excluding steroid dienone is 8. The molecule has 0 spiro atoms. The number of fused-ring (bicyclic) bond motifs is 6. The van der Waals surface area contributed by atoms with Crippen LogP contribution >= 0.6 is 0 Å². The molecule has 2 aliphatic rings. The first-order chi connectivity index (χ1) is 23.6.